The Bertz CT molecular complexity index is 325. The average Bonchev–Trinajstić information content (AvgIpc) is 2.15. The quantitative estimate of drug-likeness (QED) is 0.766. The van der Waals surface area contributed by atoms with Crippen molar-refractivity contribution >= 4 is 0 Å². The van der Waals surface area contributed by atoms with E-state index in [1.54, 1.807) is 24.3 Å². The summed E-state index contributed by atoms with van der Waals surface area (Å²) in [6.07, 6.45) is -4.77. The van der Waals surface area contributed by atoms with Crippen molar-refractivity contribution in [2.45, 2.75) is 25.6 Å². The predicted octanol–water partition coefficient (Wildman–Crippen LogP) is 2.82. The summed E-state index contributed by atoms with van der Waals surface area (Å²) in [4.78, 5) is 0. The lowest BCUT2D eigenvalue weighted by Gasteiger charge is -2.07. The van der Waals surface area contributed by atoms with Crippen LogP contribution in [0.2, 0.25) is 0 Å². The third-order valence-electron chi connectivity index (χ3n) is 2.05. The molecule has 0 heterocycles. The van der Waals surface area contributed by atoms with E-state index in [1.807, 2.05) is 0 Å². The standard InChI is InChI=1S/C11H14F3NO/c12-11(13,14)5-2-6-15-8-9-3-1-4-10(16)7-9/h1,3-4,7,15-16H,2,5-6,8H2. The van der Waals surface area contributed by atoms with Crippen molar-refractivity contribution in [1.29, 1.82) is 0 Å². The summed E-state index contributed by atoms with van der Waals surface area (Å²) in [5.74, 6) is 0.162. The zero-order valence-corrected chi connectivity index (χ0v) is 8.72. The van der Waals surface area contributed by atoms with Gasteiger partial charge >= 0.3 is 6.18 Å². The molecule has 1 aromatic carbocycles. The molecule has 90 valence electrons. The summed E-state index contributed by atoms with van der Waals surface area (Å²) in [6.45, 7) is 0.779. The van der Waals surface area contributed by atoms with Crippen LogP contribution in [-0.2, 0) is 6.54 Å². The molecule has 0 unspecified atom stereocenters. The van der Waals surface area contributed by atoms with Gasteiger partial charge in [0, 0.05) is 13.0 Å². The number of benzene rings is 1. The highest BCUT2D eigenvalue weighted by Gasteiger charge is 2.25. The second-order valence-corrected chi connectivity index (χ2v) is 3.57. The minimum atomic E-state index is -4.08. The molecule has 1 aromatic rings. The lowest BCUT2D eigenvalue weighted by molar-refractivity contribution is -0.135. The van der Waals surface area contributed by atoms with Gasteiger partial charge in [0.05, 0.1) is 0 Å². The molecule has 0 bridgehead atoms. The fourth-order valence-corrected chi connectivity index (χ4v) is 1.31. The third kappa shape index (κ3) is 5.60. The van der Waals surface area contributed by atoms with Crippen molar-refractivity contribution in [2.24, 2.45) is 0 Å². The highest BCUT2D eigenvalue weighted by Crippen LogP contribution is 2.20. The topological polar surface area (TPSA) is 32.3 Å². The van der Waals surface area contributed by atoms with Gasteiger partial charge in [0.25, 0.3) is 0 Å². The number of alkyl halides is 3. The number of rotatable bonds is 5. The molecule has 2 N–H and O–H groups in total. The fraction of sp³-hybridized carbons (Fsp3) is 0.455. The molecule has 0 amide bonds. The molecular weight excluding hydrogens is 219 g/mol. The number of phenols is 1. The molecule has 5 heteroatoms. The lowest BCUT2D eigenvalue weighted by Crippen LogP contribution is -2.17. The van der Waals surface area contributed by atoms with Gasteiger partial charge < -0.3 is 10.4 Å². The molecule has 0 fully saturated rings. The maximum Gasteiger partial charge on any atom is 0.389 e. The van der Waals surface area contributed by atoms with E-state index >= 15 is 0 Å². The van der Waals surface area contributed by atoms with Crippen molar-refractivity contribution in [3.8, 4) is 5.75 Å². The largest absolute Gasteiger partial charge is 0.508 e. The van der Waals surface area contributed by atoms with Gasteiger partial charge in [-0.25, -0.2) is 0 Å². The van der Waals surface area contributed by atoms with E-state index < -0.39 is 12.6 Å². The Morgan fingerprint density at radius 1 is 1.25 bits per heavy atom. The van der Waals surface area contributed by atoms with E-state index in [4.69, 9.17) is 5.11 Å². The molecule has 0 radical (unpaired) electrons. The smallest absolute Gasteiger partial charge is 0.389 e. The first kappa shape index (κ1) is 12.8. The first-order chi connectivity index (χ1) is 7.47. The summed E-state index contributed by atoms with van der Waals surface area (Å²) in [7, 11) is 0. The number of nitrogens with one attached hydrogen (secondary N) is 1. The Labute approximate surface area is 92.1 Å². The van der Waals surface area contributed by atoms with Crippen molar-refractivity contribution in [1.82, 2.24) is 5.32 Å². The van der Waals surface area contributed by atoms with Gasteiger partial charge in [-0.05, 0) is 30.7 Å². The van der Waals surface area contributed by atoms with Gasteiger partial charge in [-0.2, -0.15) is 13.2 Å². The molecular formula is C11H14F3NO. The van der Waals surface area contributed by atoms with Crippen LogP contribution in [0.1, 0.15) is 18.4 Å². The number of hydrogen-bond donors (Lipinski definition) is 2. The van der Waals surface area contributed by atoms with E-state index in [0.29, 0.717) is 13.1 Å². The van der Waals surface area contributed by atoms with Crippen LogP contribution in [0.3, 0.4) is 0 Å². The highest BCUT2D eigenvalue weighted by molar-refractivity contribution is 5.26. The van der Waals surface area contributed by atoms with Crippen LogP contribution in [0, 0.1) is 0 Å². The molecule has 2 nitrogen and oxygen atoms in total. The maximum atomic E-state index is 11.8. The van der Waals surface area contributed by atoms with E-state index in [0.717, 1.165) is 5.56 Å². The molecule has 0 spiro atoms. The molecule has 1 rings (SSSR count). The van der Waals surface area contributed by atoms with Gasteiger partial charge in [0.2, 0.25) is 0 Å². The minimum absolute atomic E-state index is 0.0717. The van der Waals surface area contributed by atoms with Crippen molar-refractivity contribution in [2.75, 3.05) is 6.54 Å². The Kier molecular flexibility index (Phi) is 4.61. The number of halogens is 3. The van der Waals surface area contributed by atoms with Gasteiger partial charge in [-0.3, -0.25) is 0 Å². The number of phenolic OH excluding ortho intramolecular Hbond substituents is 1. The molecule has 16 heavy (non-hydrogen) atoms. The highest BCUT2D eigenvalue weighted by atomic mass is 19.4. The van der Waals surface area contributed by atoms with Crippen LogP contribution >= 0.6 is 0 Å². The summed E-state index contributed by atoms with van der Waals surface area (Å²) < 4.78 is 35.4. The first-order valence-electron chi connectivity index (χ1n) is 5.03. The average molecular weight is 233 g/mol. The van der Waals surface area contributed by atoms with Crippen LogP contribution in [0.15, 0.2) is 24.3 Å². The lowest BCUT2D eigenvalue weighted by atomic mass is 10.2. The van der Waals surface area contributed by atoms with Crippen LogP contribution in [0.25, 0.3) is 0 Å². The number of hydrogen-bond acceptors (Lipinski definition) is 2. The maximum absolute atomic E-state index is 11.8. The normalized spacial score (nSPS) is 11.7. The van der Waals surface area contributed by atoms with Crippen molar-refractivity contribution < 1.29 is 18.3 Å². The monoisotopic (exact) mass is 233 g/mol. The van der Waals surface area contributed by atoms with E-state index in [-0.39, 0.29) is 12.2 Å². The van der Waals surface area contributed by atoms with Gasteiger partial charge in [0.1, 0.15) is 5.75 Å². The van der Waals surface area contributed by atoms with E-state index in [2.05, 4.69) is 5.32 Å². The van der Waals surface area contributed by atoms with Gasteiger partial charge in [-0.1, -0.05) is 12.1 Å². The minimum Gasteiger partial charge on any atom is -0.508 e. The van der Waals surface area contributed by atoms with Gasteiger partial charge in [0.15, 0.2) is 0 Å². The molecule has 0 aliphatic carbocycles. The SMILES string of the molecule is Oc1cccc(CNCCCC(F)(F)F)c1. The van der Waals surface area contributed by atoms with Crippen LogP contribution in [-0.4, -0.2) is 17.8 Å². The zero-order valence-electron chi connectivity index (χ0n) is 8.72. The second-order valence-electron chi connectivity index (χ2n) is 3.57. The Morgan fingerprint density at radius 2 is 2.00 bits per heavy atom. The van der Waals surface area contributed by atoms with Gasteiger partial charge in [-0.15, -0.1) is 0 Å². The third-order valence-corrected chi connectivity index (χ3v) is 2.05. The molecule has 0 saturated carbocycles. The summed E-state index contributed by atoms with van der Waals surface area (Å²) >= 11 is 0. The summed E-state index contributed by atoms with van der Waals surface area (Å²) in [6, 6.07) is 6.63. The zero-order chi connectivity index (χ0) is 12.0. The van der Waals surface area contributed by atoms with Crippen molar-refractivity contribution in [3.05, 3.63) is 29.8 Å². The molecule has 0 aliphatic rings. The summed E-state index contributed by atoms with van der Waals surface area (Å²) in [5, 5.41) is 12.0. The molecule has 0 aliphatic heterocycles. The van der Waals surface area contributed by atoms with Crippen molar-refractivity contribution in [3.63, 3.8) is 0 Å². The number of aromatic hydroxyl groups is 1. The molecule has 0 aromatic heterocycles. The molecule has 0 atom stereocenters. The predicted molar refractivity (Wildman–Crippen MR) is 55.1 cm³/mol. The Hall–Kier alpha value is -1.23. The van der Waals surface area contributed by atoms with E-state index in [9.17, 15) is 13.2 Å². The fourth-order valence-electron chi connectivity index (χ4n) is 1.31. The van der Waals surface area contributed by atoms with Crippen LogP contribution < -0.4 is 5.32 Å². The Morgan fingerprint density at radius 3 is 2.62 bits per heavy atom. The first-order valence-corrected chi connectivity index (χ1v) is 5.03. The van der Waals surface area contributed by atoms with E-state index in [1.165, 1.54) is 0 Å². The molecule has 0 saturated heterocycles. The van der Waals surface area contributed by atoms with Crippen LogP contribution in [0.5, 0.6) is 5.75 Å². The second kappa shape index (κ2) is 5.75. The Balaban J connectivity index is 2.17. The van der Waals surface area contributed by atoms with Crippen LogP contribution in [0.4, 0.5) is 13.2 Å². The summed E-state index contributed by atoms with van der Waals surface area (Å²) in [5.41, 5.74) is 0.854.